The summed E-state index contributed by atoms with van der Waals surface area (Å²) in [6.45, 7) is 0.349. The molecule has 30 heavy (non-hydrogen) atoms. The molecule has 0 radical (unpaired) electrons. The van der Waals surface area contributed by atoms with Gasteiger partial charge in [0.2, 0.25) is 0 Å². The predicted octanol–water partition coefficient (Wildman–Crippen LogP) is 2.25. The molecule has 2 heterocycles. The Kier molecular flexibility index (Phi) is 5.87. The number of hydrogen-bond acceptors (Lipinski definition) is 8. The number of esters is 2. The molecule has 0 aliphatic carbocycles. The standard InChI is InChI=1S/C22H22O8/c1-25-15-7-3-13(4-8-15)21(23)29-17-11-27-20-18(12-28-19(17)20)30-22(24)14-5-9-16(26-2)10-6-14/h3-10,17-20H,11-12H2,1-2H3/t17-,18-,19+,20+/m0/s1. The first-order chi connectivity index (χ1) is 14.6. The molecule has 2 aliphatic heterocycles. The Balaban J connectivity index is 1.34. The minimum atomic E-state index is -0.575. The molecule has 2 aliphatic rings. The van der Waals surface area contributed by atoms with Gasteiger partial charge >= 0.3 is 11.9 Å². The maximum absolute atomic E-state index is 12.4. The fourth-order valence-electron chi connectivity index (χ4n) is 3.50. The van der Waals surface area contributed by atoms with E-state index in [4.69, 9.17) is 28.4 Å². The van der Waals surface area contributed by atoms with Crippen molar-refractivity contribution in [1.29, 1.82) is 0 Å². The molecule has 0 unspecified atom stereocenters. The number of carbonyl (C=O) groups is 2. The third kappa shape index (κ3) is 4.10. The monoisotopic (exact) mass is 414 g/mol. The number of methoxy groups -OCH3 is 2. The lowest BCUT2D eigenvalue weighted by molar-refractivity contribution is -0.0287. The van der Waals surface area contributed by atoms with Crippen LogP contribution in [0, 0.1) is 0 Å². The Bertz CT molecular complexity index is 817. The molecule has 0 amide bonds. The van der Waals surface area contributed by atoms with Crippen molar-refractivity contribution in [3.05, 3.63) is 59.7 Å². The zero-order valence-corrected chi connectivity index (χ0v) is 16.6. The number of benzene rings is 2. The van der Waals surface area contributed by atoms with E-state index >= 15 is 0 Å². The average Bonchev–Trinajstić information content (AvgIpc) is 3.37. The van der Waals surface area contributed by atoms with Crippen LogP contribution >= 0.6 is 0 Å². The van der Waals surface area contributed by atoms with Crippen molar-refractivity contribution in [1.82, 2.24) is 0 Å². The van der Waals surface area contributed by atoms with E-state index in [0.29, 0.717) is 22.6 Å². The fourth-order valence-corrected chi connectivity index (χ4v) is 3.50. The van der Waals surface area contributed by atoms with E-state index in [0.717, 1.165) is 0 Å². The van der Waals surface area contributed by atoms with Gasteiger partial charge in [-0.25, -0.2) is 9.59 Å². The Morgan fingerprint density at radius 1 is 0.700 bits per heavy atom. The van der Waals surface area contributed by atoms with Crippen molar-refractivity contribution in [3.63, 3.8) is 0 Å². The van der Waals surface area contributed by atoms with Crippen molar-refractivity contribution in [3.8, 4) is 11.5 Å². The molecule has 8 nitrogen and oxygen atoms in total. The van der Waals surface area contributed by atoms with Crippen LogP contribution in [0.1, 0.15) is 20.7 Å². The SMILES string of the molecule is COc1ccc(C(=O)O[C@H]2CO[C@H]3[C@@H]2OC[C@@H]3OC(=O)c2ccc(OC)cc2)cc1. The number of ether oxygens (including phenoxy) is 6. The second-order valence-corrected chi connectivity index (χ2v) is 6.94. The average molecular weight is 414 g/mol. The van der Waals surface area contributed by atoms with Gasteiger partial charge in [0.15, 0.2) is 12.2 Å². The maximum atomic E-state index is 12.4. The lowest BCUT2D eigenvalue weighted by Crippen LogP contribution is -2.36. The lowest BCUT2D eigenvalue weighted by Gasteiger charge is -2.17. The van der Waals surface area contributed by atoms with Crippen LogP contribution in [0.5, 0.6) is 11.5 Å². The summed E-state index contributed by atoms with van der Waals surface area (Å²) in [6, 6.07) is 13.3. The molecule has 8 heteroatoms. The normalized spacial score (nSPS) is 24.7. The van der Waals surface area contributed by atoms with Crippen molar-refractivity contribution < 1.29 is 38.0 Å². The Morgan fingerprint density at radius 3 is 1.40 bits per heavy atom. The van der Waals surface area contributed by atoms with Crippen LogP contribution in [0.3, 0.4) is 0 Å². The van der Waals surface area contributed by atoms with E-state index in [9.17, 15) is 9.59 Å². The minimum absolute atomic E-state index is 0.174. The molecule has 158 valence electrons. The first-order valence-electron chi connectivity index (χ1n) is 9.52. The van der Waals surface area contributed by atoms with E-state index in [2.05, 4.69) is 0 Å². The second kappa shape index (κ2) is 8.73. The van der Waals surface area contributed by atoms with Crippen LogP contribution < -0.4 is 9.47 Å². The van der Waals surface area contributed by atoms with Crippen molar-refractivity contribution >= 4 is 11.9 Å². The van der Waals surface area contributed by atoms with Gasteiger partial charge < -0.3 is 28.4 Å². The van der Waals surface area contributed by atoms with Crippen LogP contribution in [0.15, 0.2) is 48.5 Å². The number of rotatable bonds is 6. The summed E-state index contributed by atoms with van der Waals surface area (Å²) in [4.78, 5) is 24.8. The summed E-state index contributed by atoms with van der Waals surface area (Å²) in [6.07, 6.45) is -2.12. The third-order valence-corrected chi connectivity index (χ3v) is 5.13. The molecule has 4 atom stereocenters. The van der Waals surface area contributed by atoms with Gasteiger partial charge in [0.25, 0.3) is 0 Å². The number of fused-ring (bicyclic) bond motifs is 1. The highest BCUT2D eigenvalue weighted by molar-refractivity contribution is 5.90. The summed E-state index contributed by atoms with van der Waals surface area (Å²) in [5, 5.41) is 0. The fraction of sp³-hybridized carbons (Fsp3) is 0.364. The van der Waals surface area contributed by atoms with Gasteiger partial charge in [0.05, 0.1) is 38.6 Å². The molecule has 2 aromatic carbocycles. The van der Waals surface area contributed by atoms with Gasteiger partial charge in [0.1, 0.15) is 23.7 Å². The van der Waals surface area contributed by atoms with E-state index in [1.165, 1.54) is 0 Å². The smallest absolute Gasteiger partial charge is 0.338 e. The first kappa shape index (κ1) is 20.2. The van der Waals surface area contributed by atoms with E-state index in [1.54, 1.807) is 62.8 Å². The van der Waals surface area contributed by atoms with Gasteiger partial charge in [0, 0.05) is 0 Å². The van der Waals surface area contributed by atoms with Crippen LogP contribution in [-0.2, 0) is 18.9 Å². The summed E-state index contributed by atoms with van der Waals surface area (Å²) < 4.78 is 32.8. The molecule has 2 saturated heterocycles. The molecule has 0 spiro atoms. The molecular weight excluding hydrogens is 392 g/mol. The molecule has 0 N–H and O–H groups in total. The predicted molar refractivity (Wildman–Crippen MR) is 104 cm³/mol. The topological polar surface area (TPSA) is 89.5 Å². The van der Waals surface area contributed by atoms with Crippen molar-refractivity contribution in [2.75, 3.05) is 27.4 Å². The zero-order valence-electron chi connectivity index (χ0n) is 16.6. The zero-order chi connectivity index (χ0) is 21.1. The third-order valence-electron chi connectivity index (χ3n) is 5.13. The van der Waals surface area contributed by atoms with Gasteiger partial charge in [-0.05, 0) is 48.5 Å². The van der Waals surface area contributed by atoms with Crippen molar-refractivity contribution in [2.24, 2.45) is 0 Å². The summed E-state index contributed by atoms with van der Waals surface area (Å²) >= 11 is 0. The molecule has 0 bridgehead atoms. The molecule has 4 rings (SSSR count). The largest absolute Gasteiger partial charge is 0.497 e. The van der Waals surface area contributed by atoms with Crippen LogP contribution in [0.2, 0.25) is 0 Å². The van der Waals surface area contributed by atoms with Gasteiger partial charge in [-0.15, -0.1) is 0 Å². The molecular formula is C22H22O8. The summed E-state index contributed by atoms with van der Waals surface area (Å²) in [5.41, 5.74) is 0.805. The van der Waals surface area contributed by atoms with E-state index in [-0.39, 0.29) is 13.2 Å². The second-order valence-electron chi connectivity index (χ2n) is 6.94. The van der Waals surface area contributed by atoms with Crippen molar-refractivity contribution in [2.45, 2.75) is 24.4 Å². The van der Waals surface area contributed by atoms with E-state index in [1.807, 2.05) is 0 Å². The van der Waals surface area contributed by atoms with Crippen LogP contribution in [0.4, 0.5) is 0 Å². The highest BCUT2D eigenvalue weighted by atomic mass is 16.7. The van der Waals surface area contributed by atoms with Crippen LogP contribution in [0.25, 0.3) is 0 Å². The van der Waals surface area contributed by atoms with Gasteiger partial charge in [-0.2, -0.15) is 0 Å². The molecule has 2 fully saturated rings. The summed E-state index contributed by atoms with van der Waals surface area (Å²) in [5.74, 6) is 0.344. The highest BCUT2D eigenvalue weighted by Gasteiger charge is 2.51. The first-order valence-corrected chi connectivity index (χ1v) is 9.52. The lowest BCUT2D eigenvalue weighted by atomic mass is 10.1. The van der Waals surface area contributed by atoms with Gasteiger partial charge in [-0.3, -0.25) is 0 Å². The molecule has 0 aromatic heterocycles. The highest BCUT2D eigenvalue weighted by Crippen LogP contribution is 2.31. The Morgan fingerprint density at radius 2 is 1.07 bits per heavy atom. The number of carbonyl (C=O) groups excluding carboxylic acids is 2. The minimum Gasteiger partial charge on any atom is -0.497 e. The quantitative estimate of drug-likeness (QED) is 0.665. The summed E-state index contributed by atoms with van der Waals surface area (Å²) in [7, 11) is 3.11. The van der Waals surface area contributed by atoms with Crippen LogP contribution in [-0.4, -0.2) is 63.8 Å². The molecule has 0 saturated carbocycles. The molecule has 2 aromatic rings. The number of hydrogen-bond donors (Lipinski definition) is 0. The van der Waals surface area contributed by atoms with Gasteiger partial charge in [-0.1, -0.05) is 0 Å². The Hall–Kier alpha value is -3.10. The van der Waals surface area contributed by atoms with E-state index < -0.39 is 36.4 Å². The Labute approximate surface area is 173 Å². The maximum Gasteiger partial charge on any atom is 0.338 e.